The van der Waals surface area contributed by atoms with Crippen molar-refractivity contribution in [2.75, 3.05) is 5.32 Å². The Morgan fingerprint density at radius 3 is 2.47 bits per heavy atom. The largest absolute Gasteiger partial charge is 0.367 e. The Kier molecular flexibility index (Phi) is 6.87. The van der Waals surface area contributed by atoms with Gasteiger partial charge in [-0.1, -0.05) is 24.3 Å². The molecule has 1 aliphatic rings. The van der Waals surface area contributed by atoms with Crippen LogP contribution >= 0.6 is 12.4 Å². The summed E-state index contributed by atoms with van der Waals surface area (Å²) in [5.74, 6) is -1.82. The van der Waals surface area contributed by atoms with Crippen molar-refractivity contribution >= 4 is 35.0 Å². The van der Waals surface area contributed by atoms with E-state index in [0.717, 1.165) is 48.5 Å². The third kappa shape index (κ3) is 4.70. The summed E-state index contributed by atoms with van der Waals surface area (Å²) < 4.78 is 27.1. The smallest absolute Gasteiger partial charge is 0.254 e. The average Bonchev–Trinajstić information content (AvgIpc) is 2.71. The number of aromatic nitrogens is 1. The number of carbonyl (C=O) groups is 1. The maximum absolute atomic E-state index is 13.8. The van der Waals surface area contributed by atoms with Crippen LogP contribution in [0.1, 0.15) is 41.6 Å². The summed E-state index contributed by atoms with van der Waals surface area (Å²) in [6.07, 6.45) is 3.27. The first-order chi connectivity index (χ1) is 14.0. The molecule has 0 spiro atoms. The van der Waals surface area contributed by atoms with Gasteiger partial charge in [0.15, 0.2) is 11.6 Å². The number of anilines is 1. The highest BCUT2D eigenvalue weighted by molar-refractivity contribution is 5.94. The minimum atomic E-state index is -1.10. The number of para-hydroxylation sites is 1. The molecule has 30 heavy (non-hydrogen) atoms. The second kappa shape index (κ2) is 9.39. The molecule has 0 atom stereocenters. The van der Waals surface area contributed by atoms with E-state index >= 15 is 0 Å². The van der Waals surface area contributed by atoms with E-state index < -0.39 is 17.5 Å². The Hall–Kier alpha value is -2.73. The quantitative estimate of drug-likeness (QED) is 0.581. The second-order valence-electron chi connectivity index (χ2n) is 7.61. The lowest BCUT2D eigenvalue weighted by Gasteiger charge is -2.30. The number of benzene rings is 2. The Labute approximate surface area is 180 Å². The monoisotopic (exact) mass is 431 g/mol. The molecule has 0 saturated heterocycles. The van der Waals surface area contributed by atoms with E-state index in [9.17, 15) is 13.6 Å². The number of halogens is 3. The van der Waals surface area contributed by atoms with Gasteiger partial charge in [0.25, 0.3) is 5.91 Å². The lowest BCUT2D eigenvalue weighted by molar-refractivity contribution is 0.0921. The van der Waals surface area contributed by atoms with Crippen LogP contribution in [0.2, 0.25) is 0 Å². The topological polar surface area (TPSA) is 54.0 Å². The Morgan fingerprint density at radius 1 is 1.00 bits per heavy atom. The molecule has 7 heteroatoms. The molecule has 3 aromatic rings. The number of fused-ring (bicyclic) bond motifs is 1. The van der Waals surface area contributed by atoms with Crippen molar-refractivity contribution in [1.82, 2.24) is 10.3 Å². The molecule has 2 aromatic carbocycles. The highest BCUT2D eigenvalue weighted by Gasteiger charge is 2.24. The SMILES string of the molecule is Cc1cc(N[C@H]2CC[C@@H](NC(=O)c3cccc(F)c3F)CC2)nc2ccccc12.Cl. The van der Waals surface area contributed by atoms with E-state index in [1.54, 1.807) is 0 Å². The number of hydrogen-bond acceptors (Lipinski definition) is 3. The Morgan fingerprint density at radius 2 is 1.70 bits per heavy atom. The lowest BCUT2D eigenvalue weighted by atomic mass is 9.91. The maximum atomic E-state index is 13.8. The van der Waals surface area contributed by atoms with Crippen molar-refractivity contribution < 1.29 is 13.6 Å². The summed E-state index contributed by atoms with van der Waals surface area (Å²) in [6, 6.07) is 14.0. The number of nitrogens with one attached hydrogen (secondary N) is 2. The van der Waals surface area contributed by atoms with Crippen LogP contribution in [0.3, 0.4) is 0 Å². The second-order valence-corrected chi connectivity index (χ2v) is 7.61. The fourth-order valence-corrected chi connectivity index (χ4v) is 3.96. The number of pyridine rings is 1. The first-order valence-electron chi connectivity index (χ1n) is 9.89. The first-order valence-corrected chi connectivity index (χ1v) is 9.89. The molecule has 2 N–H and O–H groups in total. The van der Waals surface area contributed by atoms with E-state index in [4.69, 9.17) is 4.98 Å². The van der Waals surface area contributed by atoms with E-state index in [1.165, 1.54) is 17.7 Å². The zero-order valence-electron chi connectivity index (χ0n) is 16.6. The predicted molar refractivity (Wildman–Crippen MR) is 117 cm³/mol. The van der Waals surface area contributed by atoms with Crippen molar-refractivity contribution in [3.63, 3.8) is 0 Å². The molecule has 4 nitrogen and oxygen atoms in total. The highest BCUT2D eigenvalue weighted by atomic mass is 35.5. The van der Waals surface area contributed by atoms with Crippen LogP contribution in [-0.2, 0) is 0 Å². The Balaban J connectivity index is 0.00000256. The van der Waals surface area contributed by atoms with Crippen LogP contribution in [-0.4, -0.2) is 23.0 Å². The van der Waals surface area contributed by atoms with Gasteiger partial charge in [0.2, 0.25) is 0 Å². The molecule has 0 radical (unpaired) electrons. The molecule has 158 valence electrons. The van der Waals surface area contributed by atoms with Gasteiger partial charge in [-0.25, -0.2) is 13.8 Å². The van der Waals surface area contributed by atoms with Gasteiger partial charge in [-0.3, -0.25) is 4.79 Å². The average molecular weight is 432 g/mol. The molecule has 1 saturated carbocycles. The van der Waals surface area contributed by atoms with E-state index in [0.29, 0.717) is 0 Å². The number of nitrogens with zero attached hydrogens (tertiary/aromatic N) is 1. The lowest BCUT2D eigenvalue weighted by Crippen LogP contribution is -2.40. The summed E-state index contributed by atoms with van der Waals surface area (Å²) in [6.45, 7) is 2.08. The highest BCUT2D eigenvalue weighted by Crippen LogP contribution is 2.25. The zero-order valence-corrected chi connectivity index (χ0v) is 17.4. The van der Waals surface area contributed by atoms with Crippen molar-refractivity contribution in [3.8, 4) is 0 Å². The zero-order chi connectivity index (χ0) is 20.4. The molecule has 0 unspecified atom stereocenters. The van der Waals surface area contributed by atoms with Gasteiger partial charge in [-0.15, -0.1) is 12.4 Å². The standard InChI is InChI=1S/C23H23F2N3O.ClH/c1-14-13-21(28-20-8-3-2-5-17(14)20)26-15-9-11-16(12-10-15)27-23(29)18-6-4-7-19(24)22(18)25;/h2-8,13,15-16H,9-12H2,1H3,(H,26,28)(H,27,29);1H/t15-,16+;. The van der Waals surface area contributed by atoms with Crippen molar-refractivity contribution in [2.24, 2.45) is 0 Å². The summed E-state index contributed by atoms with van der Waals surface area (Å²) in [5, 5.41) is 7.48. The van der Waals surface area contributed by atoms with E-state index in [1.807, 2.05) is 18.2 Å². The number of carbonyl (C=O) groups excluding carboxylic acids is 1. The van der Waals surface area contributed by atoms with Crippen LogP contribution in [0.5, 0.6) is 0 Å². The summed E-state index contributed by atoms with van der Waals surface area (Å²) in [7, 11) is 0. The van der Waals surface area contributed by atoms with Crippen LogP contribution in [0.25, 0.3) is 10.9 Å². The molecule has 1 amide bonds. The van der Waals surface area contributed by atoms with Gasteiger partial charge in [0.1, 0.15) is 5.82 Å². The van der Waals surface area contributed by atoms with Crippen molar-refractivity contribution in [2.45, 2.75) is 44.7 Å². The number of aryl methyl sites for hydroxylation is 1. The van der Waals surface area contributed by atoms with E-state index in [2.05, 4.69) is 29.7 Å². The van der Waals surface area contributed by atoms with Crippen LogP contribution in [0, 0.1) is 18.6 Å². The van der Waals surface area contributed by atoms with Crippen LogP contribution in [0.15, 0.2) is 48.5 Å². The molecular weight excluding hydrogens is 408 g/mol. The minimum Gasteiger partial charge on any atom is -0.367 e. The Bertz CT molecular complexity index is 1050. The summed E-state index contributed by atoms with van der Waals surface area (Å²) >= 11 is 0. The predicted octanol–water partition coefficient (Wildman–Crippen LogP) is 5.40. The normalized spacial score (nSPS) is 18.5. The third-order valence-corrected chi connectivity index (χ3v) is 5.53. The molecule has 1 aromatic heterocycles. The molecule has 1 aliphatic carbocycles. The van der Waals surface area contributed by atoms with Crippen LogP contribution < -0.4 is 10.6 Å². The molecule has 0 aliphatic heterocycles. The van der Waals surface area contributed by atoms with Gasteiger partial charge in [-0.05, 0) is 62.4 Å². The molecular formula is C23H24ClF2N3O. The van der Waals surface area contributed by atoms with Gasteiger partial charge in [0, 0.05) is 17.5 Å². The van der Waals surface area contributed by atoms with Gasteiger partial charge < -0.3 is 10.6 Å². The number of amides is 1. The van der Waals surface area contributed by atoms with E-state index in [-0.39, 0.29) is 30.1 Å². The van der Waals surface area contributed by atoms with Gasteiger partial charge in [-0.2, -0.15) is 0 Å². The van der Waals surface area contributed by atoms with Crippen molar-refractivity contribution in [3.05, 3.63) is 71.3 Å². The molecule has 0 bridgehead atoms. The van der Waals surface area contributed by atoms with Crippen LogP contribution in [0.4, 0.5) is 14.6 Å². The fraction of sp³-hybridized carbons (Fsp3) is 0.304. The number of hydrogen-bond donors (Lipinski definition) is 2. The third-order valence-electron chi connectivity index (χ3n) is 5.53. The molecule has 4 rings (SSSR count). The van der Waals surface area contributed by atoms with Gasteiger partial charge >= 0.3 is 0 Å². The summed E-state index contributed by atoms with van der Waals surface area (Å²) in [5.41, 5.74) is 1.89. The fourth-order valence-electron chi connectivity index (χ4n) is 3.96. The summed E-state index contributed by atoms with van der Waals surface area (Å²) in [4.78, 5) is 17.0. The number of rotatable bonds is 4. The maximum Gasteiger partial charge on any atom is 0.254 e. The van der Waals surface area contributed by atoms with Crippen molar-refractivity contribution in [1.29, 1.82) is 0 Å². The molecule has 1 heterocycles. The minimum absolute atomic E-state index is 0. The van der Waals surface area contributed by atoms with Gasteiger partial charge in [0.05, 0.1) is 11.1 Å². The molecule has 1 fully saturated rings. The first kappa shape index (κ1) is 22.0.